The van der Waals surface area contributed by atoms with Crippen LogP contribution in [0, 0.1) is 0 Å². The van der Waals surface area contributed by atoms with Crippen LogP contribution in [0.25, 0.3) is 10.8 Å². The van der Waals surface area contributed by atoms with E-state index in [1.807, 2.05) is 36.4 Å². The maximum atomic E-state index is 15.6. The summed E-state index contributed by atoms with van der Waals surface area (Å²) in [7, 11) is 0. The van der Waals surface area contributed by atoms with Gasteiger partial charge in [0.15, 0.2) is 5.67 Å². The molecule has 1 saturated heterocycles. The molecule has 5 rings (SSSR count). The molecular formula is C21H17FN2O. The highest BCUT2D eigenvalue weighted by Crippen LogP contribution is 2.43. The fourth-order valence-electron chi connectivity index (χ4n) is 4.07. The van der Waals surface area contributed by atoms with Crippen LogP contribution in [-0.2, 0) is 12.2 Å². The van der Waals surface area contributed by atoms with Crippen LogP contribution in [0.3, 0.4) is 0 Å². The van der Waals surface area contributed by atoms with Gasteiger partial charge in [0.1, 0.15) is 0 Å². The Morgan fingerprint density at radius 2 is 1.80 bits per heavy atom. The Morgan fingerprint density at radius 1 is 1.00 bits per heavy atom. The number of nitrogens with one attached hydrogen (secondary N) is 1. The second-order valence-corrected chi connectivity index (χ2v) is 6.94. The van der Waals surface area contributed by atoms with Gasteiger partial charge in [-0.05, 0) is 28.6 Å². The van der Waals surface area contributed by atoms with Crippen LogP contribution in [0.2, 0.25) is 0 Å². The molecule has 1 amide bonds. The molecule has 0 aliphatic carbocycles. The van der Waals surface area contributed by atoms with E-state index in [0.717, 1.165) is 23.0 Å². The zero-order chi connectivity index (χ0) is 17.0. The molecule has 0 aromatic heterocycles. The van der Waals surface area contributed by atoms with E-state index in [4.69, 9.17) is 0 Å². The molecular weight excluding hydrogens is 315 g/mol. The second-order valence-electron chi connectivity index (χ2n) is 6.94. The van der Waals surface area contributed by atoms with E-state index in [1.54, 1.807) is 12.1 Å². The Bertz CT molecular complexity index is 993. The maximum Gasteiger partial charge on any atom is 0.256 e. The van der Waals surface area contributed by atoms with Gasteiger partial charge in [0.2, 0.25) is 0 Å². The summed E-state index contributed by atoms with van der Waals surface area (Å²) in [4.78, 5) is 14.1. The van der Waals surface area contributed by atoms with Gasteiger partial charge in [-0.2, -0.15) is 0 Å². The molecule has 124 valence electrons. The number of alkyl halides is 1. The number of hydrogen-bond donors (Lipinski definition) is 1. The first kappa shape index (κ1) is 14.6. The number of anilines is 1. The lowest BCUT2D eigenvalue weighted by Gasteiger charge is -2.45. The fraction of sp³-hybridized carbons (Fsp3) is 0.190. The molecule has 2 aliphatic rings. The van der Waals surface area contributed by atoms with E-state index in [1.165, 1.54) is 5.56 Å². The van der Waals surface area contributed by atoms with Crippen LogP contribution in [0.15, 0.2) is 60.7 Å². The number of likely N-dealkylation sites (tertiary alicyclic amines) is 1. The topological polar surface area (TPSA) is 32.3 Å². The normalized spacial score (nSPS) is 18.2. The molecule has 0 unspecified atom stereocenters. The van der Waals surface area contributed by atoms with Crippen LogP contribution in [-0.4, -0.2) is 23.9 Å². The largest absolute Gasteiger partial charge is 0.321 e. The minimum atomic E-state index is -1.36. The number of nitrogens with zero attached hydrogens (tertiary/aromatic N) is 1. The van der Waals surface area contributed by atoms with Crippen molar-refractivity contribution in [2.45, 2.75) is 12.2 Å². The third kappa shape index (κ3) is 2.18. The van der Waals surface area contributed by atoms with Crippen molar-refractivity contribution in [3.05, 3.63) is 77.4 Å². The van der Waals surface area contributed by atoms with Crippen molar-refractivity contribution in [2.75, 3.05) is 18.4 Å². The van der Waals surface area contributed by atoms with E-state index in [0.29, 0.717) is 24.2 Å². The molecule has 1 fully saturated rings. The van der Waals surface area contributed by atoms with Crippen molar-refractivity contribution < 1.29 is 9.18 Å². The molecule has 0 radical (unpaired) electrons. The van der Waals surface area contributed by atoms with Crippen molar-refractivity contribution in [1.29, 1.82) is 0 Å². The van der Waals surface area contributed by atoms with Gasteiger partial charge in [0, 0.05) is 36.3 Å². The van der Waals surface area contributed by atoms with Crippen LogP contribution in [0.1, 0.15) is 21.5 Å². The summed E-state index contributed by atoms with van der Waals surface area (Å²) in [5, 5.41) is 4.55. The van der Waals surface area contributed by atoms with Crippen molar-refractivity contribution >= 4 is 22.4 Å². The number of carbonyl (C=O) groups excluding carboxylic acids is 1. The Kier molecular flexibility index (Phi) is 3.00. The number of rotatable bonds is 3. The Hall–Kier alpha value is -2.72. The summed E-state index contributed by atoms with van der Waals surface area (Å²) in [5.74, 6) is -0.107. The van der Waals surface area contributed by atoms with Gasteiger partial charge in [-0.25, -0.2) is 4.39 Å². The van der Waals surface area contributed by atoms with Gasteiger partial charge in [-0.15, -0.1) is 0 Å². The van der Waals surface area contributed by atoms with Gasteiger partial charge in [-0.1, -0.05) is 48.5 Å². The highest BCUT2D eigenvalue weighted by atomic mass is 19.1. The van der Waals surface area contributed by atoms with Crippen LogP contribution in [0.4, 0.5) is 10.1 Å². The summed E-state index contributed by atoms with van der Waals surface area (Å²) in [6.45, 7) is 1.51. The Morgan fingerprint density at radius 3 is 2.60 bits per heavy atom. The monoisotopic (exact) mass is 332 g/mol. The summed E-state index contributed by atoms with van der Waals surface area (Å²) in [6, 6.07) is 19.3. The smallest absolute Gasteiger partial charge is 0.256 e. The average molecular weight is 332 g/mol. The SMILES string of the molecule is O=C1Nc2cccc3c(C4(F)CN(Cc5ccccc5)C4)ccc1c23. The molecule has 3 aromatic carbocycles. The van der Waals surface area contributed by atoms with Gasteiger partial charge in [0.25, 0.3) is 5.91 Å². The second kappa shape index (κ2) is 5.14. The number of carbonyl (C=O) groups is 1. The summed E-state index contributed by atoms with van der Waals surface area (Å²) in [5.41, 5.74) is 1.94. The standard InChI is InChI=1S/C21H17FN2O/c22-21(12-24(13-21)11-14-5-2-1-3-6-14)17-10-9-16-19-15(17)7-4-8-18(19)23-20(16)25/h1-10H,11-13H2,(H,23,25). The third-order valence-electron chi connectivity index (χ3n) is 5.21. The summed E-state index contributed by atoms with van der Waals surface area (Å²) >= 11 is 0. The van der Waals surface area contributed by atoms with Crippen LogP contribution in [0.5, 0.6) is 0 Å². The minimum Gasteiger partial charge on any atom is -0.321 e. The fourth-order valence-corrected chi connectivity index (χ4v) is 4.07. The van der Waals surface area contributed by atoms with Gasteiger partial charge < -0.3 is 5.32 Å². The van der Waals surface area contributed by atoms with Crippen molar-refractivity contribution in [3.8, 4) is 0 Å². The predicted octanol–water partition coefficient (Wildman–Crippen LogP) is 4.09. The molecule has 4 heteroatoms. The van der Waals surface area contributed by atoms with Gasteiger partial charge in [-0.3, -0.25) is 9.69 Å². The molecule has 3 aromatic rings. The molecule has 1 N–H and O–H groups in total. The quantitative estimate of drug-likeness (QED) is 0.784. The summed E-state index contributed by atoms with van der Waals surface area (Å²) in [6.07, 6.45) is 0. The minimum absolute atomic E-state index is 0.107. The number of benzene rings is 3. The van der Waals surface area contributed by atoms with Gasteiger partial charge in [0.05, 0.1) is 0 Å². The zero-order valence-electron chi connectivity index (χ0n) is 13.6. The lowest BCUT2D eigenvalue weighted by molar-refractivity contribution is -0.0406. The predicted molar refractivity (Wildman–Crippen MR) is 96.4 cm³/mol. The van der Waals surface area contributed by atoms with Crippen molar-refractivity contribution in [2.24, 2.45) is 0 Å². The van der Waals surface area contributed by atoms with E-state index in [-0.39, 0.29) is 5.91 Å². The number of amides is 1. The molecule has 0 saturated carbocycles. The maximum absolute atomic E-state index is 15.6. The first-order valence-corrected chi connectivity index (χ1v) is 8.47. The Labute approximate surface area is 145 Å². The lowest BCUT2D eigenvalue weighted by atomic mass is 9.83. The highest BCUT2D eigenvalue weighted by molar-refractivity contribution is 6.24. The molecule has 3 nitrogen and oxygen atoms in total. The number of halogens is 1. The number of hydrogen-bond acceptors (Lipinski definition) is 2. The lowest BCUT2D eigenvalue weighted by Crippen LogP contribution is -2.56. The molecule has 0 spiro atoms. The highest BCUT2D eigenvalue weighted by Gasteiger charge is 2.46. The van der Waals surface area contributed by atoms with Crippen molar-refractivity contribution in [3.63, 3.8) is 0 Å². The van der Waals surface area contributed by atoms with E-state index in [2.05, 4.69) is 22.3 Å². The van der Waals surface area contributed by atoms with Crippen molar-refractivity contribution in [1.82, 2.24) is 4.90 Å². The molecule has 0 bridgehead atoms. The van der Waals surface area contributed by atoms with Crippen LogP contribution < -0.4 is 5.32 Å². The molecule has 2 heterocycles. The average Bonchev–Trinajstić information content (AvgIpc) is 2.92. The van der Waals surface area contributed by atoms with E-state index in [9.17, 15) is 4.79 Å². The first-order chi connectivity index (χ1) is 12.1. The first-order valence-electron chi connectivity index (χ1n) is 8.47. The summed E-state index contributed by atoms with van der Waals surface area (Å²) < 4.78 is 15.6. The van der Waals surface area contributed by atoms with E-state index >= 15 is 4.39 Å². The third-order valence-corrected chi connectivity index (χ3v) is 5.21. The van der Waals surface area contributed by atoms with Gasteiger partial charge >= 0.3 is 0 Å². The molecule has 0 atom stereocenters. The zero-order valence-corrected chi connectivity index (χ0v) is 13.6. The Balaban J connectivity index is 1.47. The van der Waals surface area contributed by atoms with Crippen LogP contribution >= 0.6 is 0 Å². The van der Waals surface area contributed by atoms with E-state index < -0.39 is 5.67 Å². The molecule has 2 aliphatic heterocycles. The molecule has 25 heavy (non-hydrogen) atoms.